The molecule has 0 aliphatic rings. The molecule has 36 heavy (non-hydrogen) atoms. The van der Waals surface area contributed by atoms with Crippen LogP contribution in [0.5, 0.6) is 5.75 Å². The molecule has 2 amide bonds. The van der Waals surface area contributed by atoms with Crippen LogP contribution in [0.4, 0.5) is 24.5 Å². The van der Waals surface area contributed by atoms with Gasteiger partial charge in [0.25, 0.3) is 5.91 Å². The Bertz CT molecular complexity index is 1320. The van der Waals surface area contributed by atoms with Crippen molar-refractivity contribution in [2.45, 2.75) is 13.1 Å². The summed E-state index contributed by atoms with van der Waals surface area (Å²) in [6, 6.07) is 14.7. The van der Waals surface area contributed by atoms with Crippen molar-refractivity contribution < 1.29 is 36.3 Å². The van der Waals surface area contributed by atoms with Crippen LogP contribution in [0.1, 0.15) is 22.8 Å². The molecule has 0 aliphatic carbocycles. The molecule has 0 spiro atoms. The number of phenolic OH excluding ortho intramolecular Hbond substituents is 1. The summed E-state index contributed by atoms with van der Waals surface area (Å²) in [6.45, 7) is 1.17. The van der Waals surface area contributed by atoms with Crippen LogP contribution in [0.15, 0.2) is 66.7 Å². The summed E-state index contributed by atoms with van der Waals surface area (Å²) in [4.78, 5) is 23.7. The third-order valence-electron chi connectivity index (χ3n) is 5.10. The zero-order chi connectivity index (χ0) is 26.5. The first kappa shape index (κ1) is 26.5. The van der Waals surface area contributed by atoms with Gasteiger partial charge in [0.1, 0.15) is 5.75 Å². The highest BCUT2D eigenvalue weighted by molar-refractivity contribution is 7.74. The molecule has 0 bridgehead atoms. The maximum atomic E-state index is 12.8. The monoisotopic (exact) mass is 521 g/mol. The van der Waals surface area contributed by atoms with Crippen LogP contribution < -0.4 is 14.9 Å². The smallest absolute Gasteiger partial charge is 0.416 e. The average Bonchev–Trinajstić information content (AvgIpc) is 2.82. The normalized spacial score (nSPS) is 11.2. The predicted octanol–water partition coefficient (Wildman–Crippen LogP) is 3.80. The van der Waals surface area contributed by atoms with Gasteiger partial charge < -0.3 is 15.7 Å². The Hall–Kier alpha value is -4.06. The number of benzene rings is 3. The molecule has 0 radical (unpaired) electrons. The van der Waals surface area contributed by atoms with E-state index in [2.05, 4.69) is 10.6 Å². The number of rotatable bonds is 8. The van der Waals surface area contributed by atoms with Gasteiger partial charge in [-0.25, -0.2) is 8.42 Å². The molecule has 0 saturated carbocycles. The lowest BCUT2D eigenvalue weighted by molar-refractivity contribution is -0.137. The van der Waals surface area contributed by atoms with E-state index in [4.69, 9.17) is 0 Å². The Kier molecular flexibility index (Phi) is 8.20. The van der Waals surface area contributed by atoms with Crippen molar-refractivity contribution in [3.05, 3.63) is 77.9 Å². The fourth-order valence-electron chi connectivity index (χ4n) is 3.30. The summed E-state index contributed by atoms with van der Waals surface area (Å²) < 4.78 is 62.5. The van der Waals surface area contributed by atoms with Gasteiger partial charge in [-0.2, -0.15) is 13.2 Å². The van der Waals surface area contributed by atoms with Crippen LogP contribution in [0.25, 0.3) is 11.1 Å². The third-order valence-corrected chi connectivity index (χ3v) is 5.91. The number of halogens is 3. The third kappa shape index (κ3) is 6.75. The van der Waals surface area contributed by atoms with Crippen LogP contribution >= 0.6 is 0 Å². The number of aromatic hydroxyl groups is 1. The number of phenols is 1. The fraction of sp³-hybridized carbons (Fsp3) is 0.167. The van der Waals surface area contributed by atoms with E-state index in [-0.39, 0.29) is 41.7 Å². The minimum atomic E-state index is -4.43. The Labute approximate surface area is 206 Å². The van der Waals surface area contributed by atoms with E-state index in [9.17, 15) is 36.3 Å². The Balaban J connectivity index is 1.74. The van der Waals surface area contributed by atoms with Crippen molar-refractivity contribution in [1.29, 1.82) is 0 Å². The van der Waals surface area contributed by atoms with Gasteiger partial charge in [0.15, 0.2) is 0 Å². The van der Waals surface area contributed by atoms with Gasteiger partial charge in [-0.3, -0.25) is 13.9 Å². The summed E-state index contributed by atoms with van der Waals surface area (Å²) in [5.74, 6) is -1.21. The lowest BCUT2D eigenvalue weighted by atomic mass is 10.0. The second-order valence-electron chi connectivity index (χ2n) is 7.65. The Morgan fingerprint density at radius 2 is 1.53 bits per heavy atom. The maximum absolute atomic E-state index is 12.8. The van der Waals surface area contributed by atoms with Crippen molar-refractivity contribution in [2.24, 2.45) is 0 Å². The zero-order valence-corrected chi connectivity index (χ0v) is 19.8. The van der Waals surface area contributed by atoms with Crippen LogP contribution in [0.3, 0.4) is 0 Å². The average molecular weight is 522 g/mol. The molecule has 0 aromatic heterocycles. The number of nitrogens with zero attached hydrogens (tertiary/aromatic N) is 1. The molecule has 3 rings (SSSR count). The molecule has 0 saturated heterocycles. The Morgan fingerprint density at radius 3 is 2.06 bits per heavy atom. The number of anilines is 2. The van der Waals surface area contributed by atoms with E-state index >= 15 is 0 Å². The number of hydrogen-bond donors (Lipinski definition) is 4. The highest BCUT2D eigenvalue weighted by atomic mass is 32.2. The molecular formula is C24H22F3N3O5S. The van der Waals surface area contributed by atoms with Gasteiger partial charge >= 0.3 is 6.18 Å². The number of amides is 2. The lowest BCUT2D eigenvalue weighted by Crippen LogP contribution is -2.33. The van der Waals surface area contributed by atoms with Crippen LogP contribution in [0.2, 0.25) is 0 Å². The van der Waals surface area contributed by atoms with Gasteiger partial charge in [0, 0.05) is 24.7 Å². The minimum absolute atomic E-state index is 0.0138. The van der Waals surface area contributed by atoms with Gasteiger partial charge in [-0.1, -0.05) is 24.3 Å². The van der Waals surface area contributed by atoms with E-state index in [1.807, 2.05) is 0 Å². The fourth-order valence-corrected chi connectivity index (χ4v) is 3.90. The first-order valence-electron chi connectivity index (χ1n) is 10.5. The van der Waals surface area contributed by atoms with E-state index in [0.717, 1.165) is 16.4 Å². The van der Waals surface area contributed by atoms with E-state index in [0.29, 0.717) is 11.1 Å². The van der Waals surface area contributed by atoms with Crippen molar-refractivity contribution in [3.63, 3.8) is 0 Å². The van der Waals surface area contributed by atoms with Crippen LogP contribution in [-0.2, 0) is 21.9 Å². The van der Waals surface area contributed by atoms with Gasteiger partial charge in [0.2, 0.25) is 16.8 Å². The van der Waals surface area contributed by atoms with E-state index in [1.54, 1.807) is 12.1 Å². The second kappa shape index (κ2) is 11.1. The molecule has 3 aromatic rings. The predicted molar refractivity (Wildman–Crippen MR) is 129 cm³/mol. The number of alkyl halides is 3. The number of carbonyl (C=O) groups excluding carboxylic acids is 2. The highest BCUT2D eigenvalue weighted by Crippen LogP contribution is 2.32. The molecule has 0 unspecified atom stereocenters. The molecule has 12 heteroatoms. The van der Waals surface area contributed by atoms with Crippen LogP contribution in [-0.4, -0.2) is 38.4 Å². The number of carbonyl (C=O) groups is 2. The van der Waals surface area contributed by atoms with Crippen LogP contribution in [0, 0.1) is 0 Å². The summed E-state index contributed by atoms with van der Waals surface area (Å²) in [5.41, 5.74) is 0.779. The minimum Gasteiger partial charge on any atom is -0.506 e. The topological polar surface area (TPSA) is 116 Å². The van der Waals surface area contributed by atoms with Crippen molar-refractivity contribution >= 4 is 34.1 Å². The number of thiol groups is 1. The summed E-state index contributed by atoms with van der Waals surface area (Å²) >= 11 is 0. The molecule has 3 aromatic carbocycles. The summed E-state index contributed by atoms with van der Waals surface area (Å²) in [7, 11) is -3.15. The largest absolute Gasteiger partial charge is 0.506 e. The molecule has 0 atom stereocenters. The second-order valence-corrected chi connectivity index (χ2v) is 8.61. The first-order valence-corrected chi connectivity index (χ1v) is 11.7. The molecule has 8 nitrogen and oxygen atoms in total. The van der Waals surface area contributed by atoms with Crippen molar-refractivity contribution in [2.75, 3.05) is 22.7 Å². The molecule has 0 heterocycles. The molecule has 190 valence electrons. The van der Waals surface area contributed by atoms with Crippen molar-refractivity contribution in [1.82, 2.24) is 5.32 Å². The standard InChI is InChI=1S/C24H22F3N3O5S/c1-15(31)28-12-13-30(36(34)35)21-14-20(10-11-22(21)32)29-23(33)18-4-2-16(3-5-18)17-6-8-19(9-7-17)24(25,26)27/h2-11,14,32,36H,12-13H2,1H3,(H,28,31)(H,29,33). The Morgan fingerprint density at radius 1 is 0.944 bits per heavy atom. The quantitative estimate of drug-likeness (QED) is 0.266. The van der Waals surface area contributed by atoms with Gasteiger partial charge in [-0.15, -0.1) is 0 Å². The molecule has 0 fully saturated rings. The highest BCUT2D eigenvalue weighted by Gasteiger charge is 2.30. The molecular weight excluding hydrogens is 499 g/mol. The number of hydrogen-bond acceptors (Lipinski definition) is 5. The summed E-state index contributed by atoms with van der Waals surface area (Å²) in [5, 5.41) is 15.2. The zero-order valence-electron chi connectivity index (χ0n) is 18.9. The van der Waals surface area contributed by atoms with Gasteiger partial charge in [0.05, 0.1) is 17.8 Å². The van der Waals surface area contributed by atoms with Crippen molar-refractivity contribution in [3.8, 4) is 16.9 Å². The van der Waals surface area contributed by atoms with E-state index in [1.165, 1.54) is 49.4 Å². The molecule has 3 N–H and O–H groups in total. The maximum Gasteiger partial charge on any atom is 0.416 e. The van der Waals surface area contributed by atoms with E-state index < -0.39 is 28.5 Å². The molecule has 0 aliphatic heterocycles. The SMILES string of the molecule is CC(=O)NCCN(c1cc(NC(=O)c2ccc(-c3ccc(C(F)(F)F)cc3)cc2)ccc1O)[SH](=O)=O. The number of nitrogens with one attached hydrogen (secondary N) is 2. The first-order chi connectivity index (χ1) is 17.0. The summed E-state index contributed by atoms with van der Waals surface area (Å²) in [6.07, 6.45) is -4.43. The van der Waals surface area contributed by atoms with Gasteiger partial charge in [-0.05, 0) is 53.6 Å². The lowest BCUT2D eigenvalue weighted by Gasteiger charge is -2.20.